The topological polar surface area (TPSA) is 59.0 Å². The molecule has 1 aromatic rings. The van der Waals surface area contributed by atoms with E-state index in [2.05, 4.69) is 0 Å². The number of aliphatic hydroxyl groups excluding tert-OH is 1. The molecule has 1 N–H and O–H groups in total. The Morgan fingerprint density at radius 3 is 2.77 bits per heavy atom. The van der Waals surface area contributed by atoms with Gasteiger partial charge in [0.15, 0.2) is 0 Å². The van der Waals surface area contributed by atoms with Crippen LogP contribution in [-0.2, 0) is 11.3 Å². The highest BCUT2D eigenvalue weighted by Crippen LogP contribution is 2.29. The fraction of sp³-hybridized carbons (Fsp3) is 0.588. The number of amides is 1. The molecule has 0 spiro atoms. The Hall–Kier alpha value is -1.75. The van der Waals surface area contributed by atoms with Crippen molar-refractivity contribution in [2.45, 2.75) is 32.2 Å². The van der Waals surface area contributed by atoms with Gasteiger partial charge in [-0.05, 0) is 31.4 Å². The van der Waals surface area contributed by atoms with Crippen molar-refractivity contribution in [3.05, 3.63) is 23.8 Å². The van der Waals surface area contributed by atoms with Gasteiger partial charge in [-0.25, -0.2) is 0 Å². The second kappa shape index (κ2) is 8.03. The molecule has 1 atom stereocenters. The van der Waals surface area contributed by atoms with Crippen LogP contribution in [0.4, 0.5) is 0 Å². The van der Waals surface area contributed by atoms with E-state index in [1.165, 1.54) is 0 Å². The summed E-state index contributed by atoms with van der Waals surface area (Å²) in [6.45, 7) is 1.56. The smallest absolute Gasteiger partial charge is 0.226 e. The van der Waals surface area contributed by atoms with Gasteiger partial charge in [-0.2, -0.15) is 0 Å². The molecule has 1 saturated heterocycles. The number of carbonyl (C=O) groups is 1. The number of ether oxygens (including phenoxy) is 2. The van der Waals surface area contributed by atoms with Crippen LogP contribution >= 0.6 is 0 Å². The molecule has 5 nitrogen and oxygen atoms in total. The van der Waals surface area contributed by atoms with Crippen LogP contribution in [0.25, 0.3) is 0 Å². The minimum absolute atomic E-state index is 0.107. The third kappa shape index (κ3) is 3.91. The normalized spacial score (nSPS) is 17.9. The summed E-state index contributed by atoms with van der Waals surface area (Å²) in [6.07, 6.45) is 3.46. The zero-order chi connectivity index (χ0) is 15.9. The Morgan fingerprint density at radius 1 is 1.27 bits per heavy atom. The van der Waals surface area contributed by atoms with Crippen LogP contribution in [0.3, 0.4) is 0 Å². The molecule has 2 rings (SSSR count). The summed E-state index contributed by atoms with van der Waals surface area (Å²) in [7, 11) is 3.25. The third-order valence-corrected chi connectivity index (χ3v) is 4.22. The zero-order valence-electron chi connectivity index (χ0n) is 13.4. The molecular weight excluding hydrogens is 282 g/mol. The SMILES string of the molecule is COc1ccc(CN2CC[C@H](CCCCO)C2=O)c(OC)c1. The Labute approximate surface area is 131 Å². The van der Waals surface area contributed by atoms with Crippen LogP contribution in [0.2, 0.25) is 0 Å². The van der Waals surface area contributed by atoms with Crippen LogP contribution in [0.1, 0.15) is 31.2 Å². The lowest BCUT2D eigenvalue weighted by Crippen LogP contribution is -2.27. The van der Waals surface area contributed by atoms with E-state index >= 15 is 0 Å². The first-order valence-electron chi connectivity index (χ1n) is 7.80. The van der Waals surface area contributed by atoms with Gasteiger partial charge >= 0.3 is 0 Å². The lowest BCUT2D eigenvalue weighted by atomic mass is 10.0. The highest BCUT2D eigenvalue weighted by Gasteiger charge is 2.31. The molecule has 122 valence electrons. The van der Waals surface area contributed by atoms with Crippen molar-refractivity contribution in [2.24, 2.45) is 5.92 Å². The van der Waals surface area contributed by atoms with Gasteiger partial charge in [0.2, 0.25) is 5.91 Å². The Morgan fingerprint density at radius 2 is 2.09 bits per heavy atom. The Balaban J connectivity index is 1.98. The largest absolute Gasteiger partial charge is 0.497 e. The molecule has 0 radical (unpaired) electrons. The zero-order valence-corrected chi connectivity index (χ0v) is 13.4. The third-order valence-electron chi connectivity index (χ3n) is 4.22. The highest BCUT2D eigenvalue weighted by molar-refractivity contribution is 5.80. The van der Waals surface area contributed by atoms with Gasteiger partial charge < -0.3 is 19.5 Å². The average Bonchev–Trinajstić information content (AvgIpc) is 2.89. The van der Waals surface area contributed by atoms with Crippen molar-refractivity contribution in [1.29, 1.82) is 0 Å². The Bertz CT molecular complexity index is 503. The second-order valence-corrected chi connectivity index (χ2v) is 5.64. The van der Waals surface area contributed by atoms with Crippen molar-refractivity contribution in [2.75, 3.05) is 27.4 Å². The summed E-state index contributed by atoms with van der Waals surface area (Å²) in [5, 5.41) is 8.83. The summed E-state index contributed by atoms with van der Waals surface area (Å²) < 4.78 is 10.6. The maximum absolute atomic E-state index is 12.4. The lowest BCUT2D eigenvalue weighted by molar-refractivity contribution is -0.131. The fourth-order valence-corrected chi connectivity index (χ4v) is 2.92. The first-order chi connectivity index (χ1) is 10.7. The molecule has 0 aliphatic carbocycles. The maximum atomic E-state index is 12.4. The quantitative estimate of drug-likeness (QED) is 0.748. The number of hydrogen-bond donors (Lipinski definition) is 1. The molecule has 1 aliphatic heterocycles. The van der Waals surface area contributed by atoms with Gasteiger partial charge in [0, 0.05) is 37.2 Å². The molecule has 0 saturated carbocycles. The van der Waals surface area contributed by atoms with E-state index < -0.39 is 0 Å². The van der Waals surface area contributed by atoms with Crippen molar-refractivity contribution in [1.82, 2.24) is 4.90 Å². The molecule has 1 heterocycles. The molecule has 0 unspecified atom stereocenters. The number of aliphatic hydroxyl groups is 1. The second-order valence-electron chi connectivity index (χ2n) is 5.64. The molecule has 5 heteroatoms. The fourth-order valence-electron chi connectivity index (χ4n) is 2.92. The summed E-state index contributed by atoms with van der Waals surface area (Å²) in [5.74, 6) is 1.82. The van der Waals surface area contributed by atoms with Gasteiger partial charge in [0.25, 0.3) is 0 Å². The van der Waals surface area contributed by atoms with Gasteiger partial charge in [0.1, 0.15) is 11.5 Å². The first-order valence-corrected chi connectivity index (χ1v) is 7.80. The number of unbranched alkanes of at least 4 members (excludes halogenated alkanes) is 1. The first kappa shape index (κ1) is 16.6. The van der Waals surface area contributed by atoms with Crippen LogP contribution in [0.15, 0.2) is 18.2 Å². The van der Waals surface area contributed by atoms with E-state index in [4.69, 9.17) is 14.6 Å². The Kier molecular flexibility index (Phi) is 6.07. The van der Waals surface area contributed by atoms with Crippen LogP contribution in [0, 0.1) is 5.92 Å². The van der Waals surface area contributed by atoms with Crippen LogP contribution in [0.5, 0.6) is 11.5 Å². The van der Waals surface area contributed by atoms with Crippen molar-refractivity contribution < 1.29 is 19.4 Å². The molecular formula is C17H25NO4. The molecule has 1 aromatic carbocycles. The minimum Gasteiger partial charge on any atom is -0.497 e. The molecule has 0 bridgehead atoms. The van der Waals surface area contributed by atoms with Gasteiger partial charge in [-0.1, -0.05) is 6.42 Å². The van der Waals surface area contributed by atoms with E-state index in [9.17, 15) is 4.79 Å². The number of nitrogens with zero attached hydrogens (tertiary/aromatic N) is 1. The number of likely N-dealkylation sites (tertiary alicyclic amines) is 1. The van der Waals surface area contributed by atoms with Crippen LogP contribution in [-0.4, -0.2) is 43.3 Å². The van der Waals surface area contributed by atoms with Crippen molar-refractivity contribution in [3.63, 3.8) is 0 Å². The summed E-state index contributed by atoms with van der Waals surface area (Å²) in [4.78, 5) is 14.3. The number of hydrogen-bond acceptors (Lipinski definition) is 4. The minimum atomic E-state index is 0.107. The molecule has 0 aromatic heterocycles. The van der Waals surface area contributed by atoms with Gasteiger partial charge in [-0.3, -0.25) is 4.79 Å². The van der Waals surface area contributed by atoms with E-state index in [1.807, 2.05) is 23.1 Å². The molecule has 1 aliphatic rings. The standard InChI is InChI=1S/C17H25NO4/c1-21-15-7-6-14(16(11-15)22-2)12-18-9-8-13(17(18)20)5-3-4-10-19/h6-7,11,13,19H,3-5,8-10,12H2,1-2H3/t13-/m0/s1. The summed E-state index contributed by atoms with van der Waals surface area (Å²) >= 11 is 0. The maximum Gasteiger partial charge on any atom is 0.226 e. The van der Waals surface area contributed by atoms with E-state index in [0.29, 0.717) is 6.54 Å². The lowest BCUT2D eigenvalue weighted by Gasteiger charge is -2.19. The summed E-state index contributed by atoms with van der Waals surface area (Å²) in [5.41, 5.74) is 0.993. The number of rotatable bonds is 8. The van der Waals surface area contributed by atoms with E-state index in [-0.39, 0.29) is 18.4 Å². The van der Waals surface area contributed by atoms with E-state index in [1.54, 1.807) is 14.2 Å². The average molecular weight is 307 g/mol. The predicted octanol–water partition coefficient (Wildman–Crippen LogP) is 2.21. The number of methoxy groups -OCH3 is 2. The van der Waals surface area contributed by atoms with Crippen molar-refractivity contribution in [3.8, 4) is 11.5 Å². The number of benzene rings is 1. The number of carbonyl (C=O) groups excluding carboxylic acids is 1. The predicted molar refractivity (Wildman–Crippen MR) is 84.0 cm³/mol. The monoisotopic (exact) mass is 307 g/mol. The van der Waals surface area contributed by atoms with Gasteiger partial charge in [0.05, 0.1) is 14.2 Å². The molecule has 1 fully saturated rings. The van der Waals surface area contributed by atoms with Crippen molar-refractivity contribution >= 4 is 5.91 Å². The summed E-state index contributed by atoms with van der Waals surface area (Å²) in [6, 6.07) is 5.68. The molecule has 1 amide bonds. The van der Waals surface area contributed by atoms with Gasteiger partial charge in [-0.15, -0.1) is 0 Å². The molecule has 22 heavy (non-hydrogen) atoms. The van der Waals surface area contributed by atoms with Crippen LogP contribution < -0.4 is 9.47 Å². The van der Waals surface area contributed by atoms with E-state index in [0.717, 1.165) is 49.3 Å². The highest BCUT2D eigenvalue weighted by atomic mass is 16.5.